The van der Waals surface area contributed by atoms with Crippen molar-refractivity contribution in [3.63, 3.8) is 0 Å². The number of amides is 1. The van der Waals surface area contributed by atoms with Crippen LogP contribution in [0.3, 0.4) is 0 Å². The normalized spacial score (nSPS) is 12.3. The van der Waals surface area contributed by atoms with Crippen LogP contribution in [0.25, 0.3) is 10.9 Å². The molecule has 0 radical (unpaired) electrons. The van der Waals surface area contributed by atoms with Gasteiger partial charge in [-0.05, 0) is 144 Å². The molecule has 0 bridgehead atoms. The molecule has 0 saturated heterocycles. The van der Waals surface area contributed by atoms with E-state index in [-0.39, 0.29) is 5.91 Å². The number of hydrogen-bond donors (Lipinski definition) is 3. The maximum Gasteiger partial charge on any atom is 0.320 e. The number of aromatic nitrogens is 1. The van der Waals surface area contributed by atoms with Crippen molar-refractivity contribution in [1.82, 2.24) is 15.8 Å². The van der Waals surface area contributed by atoms with Gasteiger partial charge >= 0.3 is 6.47 Å². The monoisotopic (exact) mass is 862 g/mol. The number of fused-ring (bicyclic) bond motifs is 1. The molecule has 340 valence electrons. The second-order valence-corrected chi connectivity index (χ2v) is 15.3. The zero-order valence-electron chi connectivity index (χ0n) is 40.4. The lowest BCUT2D eigenvalue weighted by atomic mass is 9.88. The van der Waals surface area contributed by atoms with Crippen LogP contribution in [-0.2, 0) is 14.4 Å². The summed E-state index contributed by atoms with van der Waals surface area (Å²) in [6.07, 6.45) is 15.0. The third-order valence-electron chi connectivity index (χ3n) is 9.73. The molecule has 61 heavy (non-hydrogen) atoms. The highest BCUT2D eigenvalue weighted by Crippen LogP contribution is 2.31. The van der Waals surface area contributed by atoms with Gasteiger partial charge in [0.15, 0.2) is 6.29 Å². The van der Waals surface area contributed by atoms with E-state index in [1.807, 2.05) is 60.6 Å². The molecule has 0 saturated carbocycles. The van der Waals surface area contributed by atoms with Gasteiger partial charge in [-0.3, -0.25) is 24.4 Å². The summed E-state index contributed by atoms with van der Waals surface area (Å²) in [7, 11) is 1.66. The third-order valence-corrected chi connectivity index (χ3v) is 10.3. The van der Waals surface area contributed by atoms with E-state index in [0.29, 0.717) is 35.8 Å². The van der Waals surface area contributed by atoms with E-state index in [4.69, 9.17) is 16.6 Å². The molecule has 0 fully saturated rings. The van der Waals surface area contributed by atoms with Gasteiger partial charge in [0.05, 0.1) is 11.4 Å². The number of rotatable bonds is 18. The molecule has 1 amide bonds. The number of nitrogens with one attached hydrogen (secondary N) is 3. The van der Waals surface area contributed by atoms with Gasteiger partial charge in [-0.2, -0.15) is 0 Å². The Morgan fingerprint density at radius 1 is 0.934 bits per heavy atom. The molecule has 3 atom stereocenters. The second kappa shape index (κ2) is 34.9. The predicted molar refractivity (Wildman–Crippen MR) is 265 cm³/mol. The molecule has 1 heterocycles. The highest BCUT2D eigenvalue weighted by Gasteiger charge is 2.16. The maximum absolute atomic E-state index is 10.8. The molecule has 0 aliphatic rings. The van der Waals surface area contributed by atoms with Crippen molar-refractivity contribution in [3.8, 4) is 0 Å². The molecule has 3 rings (SSSR count). The van der Waals surface area contributed by atoms with Crippen LogP contribution in [0.5, 0.6) is 0 Å². The van der Waals surface area contributed by atoms with E-state index in [9.17, 15) is 14.4 Å². The number of carbonyl (C=O) groups excluding carboxylic acids is 3. The molecule has 0 aliphatic carbocycles. The highest BCUT2D eigenvalue weighted by molar-refractivity contribution is 6.32. The fraction of sp³-hybridized carbons (Fsp3) is 0.510. The maximum atomic E-state index is 10.8. The Hall–Kier alpha value is -4.76. The van der Waals surface area contributed by atoms with E-state index in [0.717, 1.165) is 77.6 Å². The number of carbonyl (C=O) groups is 3. The van der Waals surface area contributed by atoms with Gasteiger partial charge in [0.25, 0.3) is 0 Å². The van der Waals surface area contributed by atoms with E-state index in [2.05, 4.69) is 104 Å². The molecular formula is C51H80ClN5O4. The summed E-state index contributed by atoms with van der Waals surface area (Å²) in [5.41, 5.74) is 12.7. The molecule has 2 aromatic carbocycles. The highest BCUT2D eigenvalue weighted by atomic mass is 35.5. The topological polar surface area (TPSA) is 125 Å². The van der Waals surface area contributed by atoms with Crippen molar-refractivity contribution in [2.75, 3.05) is 7.05 Å². The average molecular weight is 863 g/mol. The van der Waals surface area contributed by atoms with Crippen molar-refractivity contribution in [1.29, 1.82) is 0 Å². The first-order valence-electron chi connectivity index (χ1n) is 22.0. The minimum absolute atomic E-state index is 0.0295. The number of halogens is 1. The largest absolute Gasteiger partial charge is 0.352 e. The molecule has 0 aliphatic heterocycles. The second-order valence-electron chi connectivity index (χ2n) is 14.9. The van der Waals surface area contributed by atoms with Crippen molar-refractivity contribution < 1.29 is 19.2 Å². The van der Waals surface area contributed by atoms with Crippen LogP contribution in [0.4, 0.5) is 5.69 Å². The summed E-state index contributed by atoms with van der Waals surface area (Å²) >= 11 is 6.28. The van der Waals surface area contributed by atoms with Crippen molar-refractivity contribution >= 4 is 58.4 Å². The number of aryl methyl sites for hydroxylation is 2. The van der Waals surface area contributed by atoms with Gasteiger partial charge in [0.1, 0.15) is 5.84 Å². The molecule has 3 aromatic rings. The van der Waals surface area contributed by atoms with Gasteiger partial charge in [-0.1, -0.05) is 104 Å². The molecule has 1 aromatic heterocycles. The fourth-order valence-corrected chi connectivity index (χ4v) is 6.49. The molecule has 3 N–H and O–H groups in total. The van der Waals surface area contributed by atoms with Crippen LogP contribution < -0.4 is 10.8 Å². The number of H-pyrrole nitrogens is 1. The summed E-state index contributed by atoms with van der Waals surface area (Å²) in [4.78, 5) is 47.0. The number of aldehydes is 1. The standard InChI is InChI=1S/C20H30ClN.C17H21NO.C7H14N2O2.C5H9NO.C2H6/c1-8-10-18(19(13(3)4)14(5)9-2)22-17-11-15(6)20(21)16(7)12-17;1-3-5-7-13(6-4-2)14-8-9-17-15(10-14)11-16(12-19)18-17;1-4-6(2)7(8-3)9-11-5-10;1-3-4-6-5(2)7;1-2/h11-12,14H,8-10H2,1-7H3;3,8-13,18H,1,4-7H2,2H3;5-6H,4H2,1-3H3,(H,8,9);3-4H,1-2H3,(H,6,7);1-2H3/b;;;4-3-;/t14-;;;;/m1..../s1. The van der Waals surface area contributed by atoms with E-state index in [1.165, 1.54) is 42.2 Å². The summed E-state index contributed by atoms with van der Waals surface area (Å²) in [6, 6.07) is 12.6. The lowest BCUT2D eigenvalue weighted by Gasteiger charge is -2.19. The van der Waals surface area contributed by atoms with Crippen LogP contribution in [0, 0.1) is 25.7 Å². The number of hydroxylamine groups is 1. The smallest absolute Gasteiger partial charge is 0.320 e. The van der Waals surface area contributed by atoms with Gasteiger partial charge in [-0.25, -0.2) is 5.48 Å². The number of nitrogens with zero attached hydrogens (tertiary/aromatic N) is 2. The molecule has 2 unspecified atom stereocenters. The Kier molecular flexibility index (Phi) is 33.4. The number of benzene rings is 2. The summed E-state index contributed by atoms with van der Waals surface area (Å²) in [5.74, 6) is 2.09. The average Bonchev–Trinajstić information content (AvgIpc) is 3.68. The zero-order valence-corrected chi connectivity index (χ0v) is 41.1. The van der Waals surface area contributed by atoms with Crippen LogP contribution in [0.15, 0.2) is 82.5 Å². The van der Waals surface area contributed by atoms with Crippen LogP contribution in [0.2, 0.25) is 5.02 Å². The SMILES string of the molecule is C/C=C\NC(C)=O.C=CCCC(CCC)c1ccc2[nH]c(C=O)cc2c1.CC.CCC(C)C(=NC)NOC=O.CCCC(=Nc1cc(C)c(Cl)c(C)c1)C(=C(C)C)[C@H](C)CC. The lowest BCUT2D eigenvalue weighted by molar-refractivity contribution is -0.132. The fourth-order valence-electron chi connectivity index (χ4n) is 6.38. The zero-order chi connectivity index (χ0) is 46.9. The van der Waals surface area contributed by atoms with E-state index in [1.54, 1.807) is 19.3 Å². The van der Waals surface area contributed by atoms with Gasteiger partial charge in [0, 0.05) is 41.5 Å². The molecule has 9 nitrogen and oxygen atoms in total. The van der Waals surface area contributed by atoms with E-state index >= 15 is 0 Å². The quantitative estimate of drug-likeness (QED) is 0.0386. The Morgan fingerprint density at radius 2 is 1.56 bits per heavy atom. The van der Waals surface area contributed by atoms with Crippen molar-refractivity contribution in [3.05, 3.63) is 99.9 Å². The number of amidine groups is 1. The minimum atomic E-state index is -0.0295. The predicted octanol–water partition coefficient (Wildman–Crippen LogP) is 14.5. The summed E-state index contributed by atoms with van der Waals surface area (Å²) in [6.45, 7) is 33.0. The summed E-state index contributed by atoms with van der Waals surface area (Å²) < 4.78 is 0. The lowest BCUT2D eigenvalue weighted by Crippen LogP contribution is -2.28. The first-order chi connectivity index (χ1) is 29.1. The first kappa shape index (κ1) is 58.3. The molecule has 0 spiro atoms. The summed E-state index contributed by atoms with van der Waals surface area (Å²) in [5, 5.41) is 4.45. The van der Waals surface area contributed by atoms with Crippen LogP contribution >= 0.6 is 11.6 Å². The Morgan fingerprint density at radius 3 is 2.00 bits per heavy atom. The Bertz CT molecular complexity index is 1830. The number of aromatic amines is 1. The minimum Gasteiger partial charge on any atom is -0.352 e. The number of hydrogen-bond acceptors (Lipinski definition) is 6. The van der Waals surface area contributed by atoms with Crippen LogP contribution in [-0.4, -0.2) is 42.2 Å². The van der Waals surface area contributed by atoms with Crippen molar-refractivity contribution in [2.45, 2.75) is 154 Å². The first-order valence-corrected chi connectivity index (χ1v) is 22.4. The number of aliphatic imine (C=N–C) groups is 2. The van der Waals surface area contributed by atoms with Gasteiger partial charge < -0.3 is 15.1 Å². The van der Waals surface area contributed by atoms with E-state index < -0.39 is 0 Å². The van der Waals surface area contributed by atoms with Gasteiger partial charge in [-0.15, -0.1) is 6.58 Å². The third kappa shape index (κ3) is 23.2. The molecular weight excluding hydrogens is 782 g/mol. The Balaban J connectivity index is 0. The Labute approximate surface area is 375 Å². The number of allylic oxidation sites excluding steroid dienone is 4. The molecule has 10 heteroatoms. The van der Waals surface area contributed by atoms with Crippen LogP contribution in [0.1, 0.15) is 168 Å². The van der Waals surface area contributed by atoms with Crippen molar-refractivity contribution in [2.24, 2.45) is 21.8 Å². The van der Waals surface area contributed by atoms with Gasteiger partial charge in [0.2, 0.25) is 5.91 Å².